The molecular formula is C17H13N2O3S2-. The zero-order valence-electron chi connectivity index (χ0n) is 12.5. The van der Waals surface area contributed by atoms with E-state index in [1.165, 1.54) is 0 Å². The second-order valence-corrected chi connectivity index (χ2v) is 6.88. The fourth-order valence-corrected chi connectivity index (χ4v) is 3.79. The summed E-state index contributed by atoms with van der Waals surface area (Å²) < 4.78 is 0.225. The fourth-order valence-electron chi connectivity index (χ4n) is 2.44. The van der Waals surface area contributed by atoms with E-state index >= 15 is 0 Å². The van der Waals surface area contributed by atoms with Gasteiger partial charge in [-0.15, -0.1) is 0 Å². The number of aromatic amines is 1. The Bertz CT molecular complexity index is 801. The van der Waals surface area contributed by atoms with Gasteiger partial charge in [0.25, 0.3) is 5.91 Å². The number of aromatic nitrogens is 1. The number of amides is 1. The van der Waals surface area contributed by atoms with E-state index in [0.717, 1.165) is 27.9 Å². The first-order valence-electron chi connectivity index (χ1n) is 7.21. The molecule has 1 saturated heterocycles. The van der Waals surface area contributed by atoms with Gasteiger partial charge in [0.05, 0.1) is 16.9 Å². The van der Waals surface area contributed by atoms with Gasteiger partial charge in [0.2, 0.25) is 0 Å². The third-order valence-electron chi connectivity index (χ3n) is 3.59. The predicted molar refractivity (Wildman–Crippen MR) is 94.7 cm³/mol. The number of rotatable bonds is 5. The average Bonchev–Trinajstić information content (AvgIpc) is 3.16. The molecule has 0 radical (unpaired) electrons. The topological polar surface area (TPSA) is 76.2 Å². The molecule has 0 unspecified atom stereocenters. The summed E-state index contributed by atoms with van der Waals surface area (Å²) in [6, 6.07) is 11.6. The van der Waals surface area contributed by atoms with E-state index in [9.17, 15) is 14.7 Å². The number of hydrogen-bond donors (Lipinski definition) is 1. The number of carboxylic acid groups (broad SMARTS) is 1. The number of nitrogens with one attached hydrogen (secondary N) is 1. The summed E-state index contributed by atoms with van der Waals surface area (Å²) in [6.45, 7) is 0. The highest BCUT2D eigenvalue weighted by Crippen LogP contribution is 2.34. The van der Waals surface area contributed by atoms with Crippen LogP contribution in [0.1, 0.15) is 11.3 Å². The van der Waals surface area contributed by atoms with E-state index in [0.29, 0.717) is 4.91 Å². The highest BCUT2D eigenvalue weighted by Gasteiger charge is 2.37. The number of thiocarbonyl (C=S) groups is 1. The summed E-state index contributed by atoms with van der Waals surface area (Å²) in [6.07, 6.45) is 3.55. The summed E-state index contributed by atoms with van der Waals surface area (Å²) >= 11 is 6.32. The van der Waals surface area contributed by atoms with Crippen molar-refractivity contribution < 1.29 is 14.7 Å². The first kappa shape index (κ1) is 16.5. The molecular weight excluding hydrogens is 344 g/mol. The molecule has 1 aliphatic rings. The number of carbonyl (C=O) groups excluding carboxylic acids is 2. The number of carbonyl (C=O) groups is 2. The third kappa shape index (κ3) is 3.42. The van der Waals surface area contributed by atoms with Gasteiger partial charge >= 0.3 is 0 Å². The van der Waals surface area contributed by atoms with E-state index in [4.69, 9.17) is 12.2 Å². The van der Waals surface area contributed by atoms with Crippen LogP contribution in [0.3, 0.4) is 0 Å². The van der Waals surface area contributed by atoms with Crippen LogP contribution >= 0.6 is 24.0 Å². The van der Waals surface area contributed by atoms with Crippen LogP contribution in [0, 0.1) is 0 Å². The van der Waals surface area contributed by atoms with Gasteiger partial charge in [-0.3, -0.25) is 9.69 Å². The lowest BCUT2D eigenvalue weighted by atomic mass is 10.0. The lowest BCUT2D eigenvalue weighted by Crippen LogP contribution is -2.51. The smallest absolute Gasteiger partial charge is 0.266 e. The lowest BCUT2D eigenvalue weighted by molar-refractivity contribution is -0.310. The average molecular weight is 357 g/mol. The van der Waals surface area contributed by atoms with E-state index in [1.54, 1.807) is 12.3 Å². The summed E-state index contributed by atoms with van der Waals surface area (Å²) in [5.41, 5.74) is 1.55. The molecule has 122 valence electrons. The molecule has 0 saturated carbocycles. The van der Waals surface area contributed by atoms with Crippen molar-refractivity contribution in [1.82, 2.24) is 9.88 Å². The van der Waals surface area contributed by atoms with Crippen molar-refractivity contribution >= 4 is 46.3 Å². The number of H-pyrrole nitrogens is 1. The SMILES string of the molecule is O=C([O-])[C@H](Cc1ccccc1)N1C(=O)/C(=C/c2ccc[nH]2)SC1=S. The molecule has 1 fully saturated rings. The van der Waals surface area contributed by atoms with Gasteiger partial charge in [0.1, 0.15) is 4.32 Å². The van der Waals surface area contributed by atoms with Crippen LogP contribution in [0.15, 0.2) is 53.6 Å². The van der Waals surface area contributed by atoms with Crippen molar-refractivity contribution in [3.8, 4) is 0 Å². The number of benzene rings is 1. The van der Waals surface area contributed by atoms with Gasteiger partial charge in [-0.1, -0.05) is 54.3 Å². The Morgan fingerprint density at radius 3 is 2.67 bits per heavy atom. The first-order valence-corrected chi connectivity index (χ1v) is 8.44. The van der Waals surface area contributed by atoms with Crippen LogP contribution in [0.25, 0.3) is 6.08 Å². The van der Waals surface area contributed by atoms with Gasteiger partial charge in [-0.2, -0.15) is 0 Å². The zero-order chi connectivity index (χ0) is 17.1. The van der Waals surface area contributed by atoms with Crippen LogP contribution in [0.2, 0.25) is 0 Å². The minimum atomic E-state index is -1.32. The molecule has 1 aliphatic heterocycles. The fraction of sp³-hybridized carbons (Fsp3) is 0.118. The monoisotopic (exact) mass is 357 g/mol. The number of hydrogen-bond acceptors (Lipinski definition) is 5. The van der Waals surface area contributed by atoms with Crippen molar-refractivity contribution in [2.24, 2.45) is 0 Å². The van der Waals surface area contributed by atoms with Crippen LogP contribution in [-0.4, -0.2) is 32.1 Å². The number of nitrogens with zero attached hydrogens (tertiary/aromatic N) is 1. The molecule has 7 heteroatoms. The maximum atomic E-state index is 12.6. The highest BCUT2D eigenvalue weighted by molar-refractivity contribution is 8.26. The molecule has 1 N–H and O–H groups in total. The van der Waals surface area contributed by atoms with Crippen molar-refractivity contribution in [3.63, 3.8) is 0 Å². The molecule has 0 aliphatic carbocycles. The molecule has 24 heavy (non-hydrogen) atoms. The molecule has 0 bridgehead atoms. The largest absolute Gasteiger partial charge is 0.548 e. The van der Waals surface area contributed by atoms with Crippen molar-refractivity contribution in [1.29, 1.82) is 0 Å². The van der Waals surface area contributed by atoms with Crippen LogP contribution in [0.4, 0.5) is 0 Å². The predicted octanol–water partition coefficient (Wildman–Crippen LogP) is 1.58. The number of aliphatic carboxylic acids is 1. The van der Waals surface area contributed by atoms with Crippen molar-refractivity contribution in [2.45, 2.75) is 12.5 Å². The molecule has 1 aromatic carbocycles. The molecule has 2 heterocycles. The summed E-state index contributed by atoms with van der Waals surface area (Å²) in [5, 5.41) is 11.6. The zero-order valence-corrected chi connectivity index (χ0v) is 14.1. The molecule has 1 aromatic heterocycles. The minimum Gasteiger partial charge on any atom is -0.548 e. The Labute approximate surface area is 148 Å². The maximum Gasteiger partial charge on any atom is 0.266 e. The number of carboxylic acids is 1. The Hall–Kier alpha value is -2.38. The normalized spacial score (nSPS) is 17.5. The van der Waals surface area contributed by atoms with Gasteiger partial charge < -0.3 is 14.9 Å². The summed E-state index contributed by atoms with van der Waals surface area (Å²) in [7, 11) is 0. The van der Waals surface area contributed by atoms with Crippen LogP contribution in [-0.2, 0) is 16.0 Å². The highest BCUT2D eigenvalue weighted by atomic mass is 32.2. The van der Waals surface area contributed by atoms with Crippen LogP contribution < -0.4 is 5.11 Å². The Morgan fingerprint density at radius 2 is 2.04 bits per heavy atom. The van der Waals surface area contributed by atoms with E-state index < -0.39 is 17.9 Å². The standard InChI is InChI=1S/C17H14N2O3S2/c20-15-14(10-12-7-4-8-18-12)24-17(23)19(15)13(16(21)22)9-11-5-2-1-3-6-11/h1-8,10,13,18H,9H2,(H,21,22)/p-1/b14-10-/t13-/m0/s1. The van der Waals surface area contributed by atoms with Gasteiger partial charge in [0.15, 0.2) is 0 Å². The molecule has 1 atom stereocenters. The Morgan fingerprint density at radius 1 is 1.29 bits per heavy atom. The molecule has 3 rings (SSSR count). The first-order chi connectivity index (χ1) is 11.6. The Kier molecular flexibility index (Phi) is 4.82. The molecule has 1 amide bonds. The Balaban J connectivity index is 1.87. The molecule has 0 spiro atoms. The molecule has 5 nitrogen and oxygen atoms in total. The lowest BCUT2D eigenvalue weighted by Gasteiger charge is -2.27. The quantitative estimate of drug-likeness (QED) is 0.649. The van der Waals surface area contributed by atoms with Crippen molar-refractivity contribution in [2.75, 3.05) is 0 Å². The summed E-state index contributed by atoms with van der Waals surface area (Å²) in [4.78, 5) is 28.7. The minimum absolute atomic E-state index is 0.144. The van der Waals surface area contributed by atoms with E-state index in [2.05, 4.69) is 4.98 Å². The molecule has 2 aromatic rings. The summed E-state index contributed by atoms with van der Waals surface area (Å²) in [5.74, 6) is -1.74. The van der Waals surface area contributed by atoms with Gasteiger partial charge in [-0.25, -0.2) is 0 Å². The second kappa shape index (κ2) is 7.02. The number of thioether (sulfide) groups is 1. The van der Waals surface area contributed by atoms with Crippen molar-refractivity contribution in [3.05, 3.63) is 64.8 Å². The second-order valence-electron chi connectivity index (χ2n) is 5.20. The van der Waals surface area contributed by atoms with E-state index in [1.807, 2.05) is 42.5 Å². The third-order valence-corrected chi connectivity index (χ3v) is 4.92. The van der Waals surface area contributed by atoms with Gasteiger partial charge in [0, 0.05) is 11.9 Å². The van der Waals surface area contributed by atoms with Gasteiger partial charge in [-0.05, 0) is 30.2 Å². The maximum absolute atomic E-state index is 12.6. The van der Waals surface area contributed by atoms with Crippen LogP contribution in [0.5, 0.6) is 0 Å². The van der Waals surface area contributed by atoms with E-state index in [-0.39, 0.29) is 10.7 Å².